The zero-order valence-corrected chi connectivity index (χ0v) is 14.8. The first-order valence-corrected chi connectivity index (χ1v) is 8.86. The summed E-state index contributed by atoms with van der Waals surface area (Å²) in [6.07, 6.45) is 23.4. The summed E-state index contributed by atoms with van der Waals surface area (Å²) in [4.78, 5) is 14.8. The molecule has 1 atom stereocenters. The molecule has 0 aliphatic carbocycles. The standard InChI is InChI=1S/C20H32O4/c1-2-3-4-5-6-7-8-9-10-13-16-19(24-23)17-14-11-12-15-18-20(21)22/h6-7,9-11,13-14,16,19,23H,2-5,8,12,15,17-18H2,1H3,(H,21,22)/b7-6-,10-9-,14-11-,16-13+/t19-/m0/s1. The van der Waals surface area contributed by atoms with E-state index in [0.717, 1.165) is 19.3 Å². The second kappa shape index (κ2) is 17.7. The number of hydrogen-bond acceptors (Lipinski definition) is 3. The third kappa shape index (κ3) is 16.7. The molecule has 0 aliphatic rings. The second-order valence-corrected chi connectivity index (χ2v) is 5.65. The van der Waals surface area contributed by atoms with Gasteiger partial charge < -0.3 is 5.11 Å². The first kappa shape index (κ1) is 22.4. The van der Waals surface area contributed by atoms with Crippen LogP contribution in [0.4, 0.5) is 0 Å². The Kier molecular flexibility index (Phi) is 16.5. The van der Waals surface area contributed by atoms with Gasteiger partial charge in [0.1, 0.15) is 6.10 Å². The minimum atomic E-state index is -0.773. The summed E-state index contributed by atoms with van der Waals surface area (Å²) >= 11 is 0. The third-order valence-corrected chi connectivity index (χ3v) is 3.42. The van der Waals surface area contributed by atoms with Gasteiger partial charge in [-0.3, -0.25) is 10.1 Å². The minimum Gasteiger partial charge on any atom is -0.481 e. The predicted octanol–water partition coefficient (Wildman–Crippen LogP) is 5.68. The van der Waals surface area contributed by atoms with Crippen molar-refractivity contribution >= 4 is 5.97 Å². The Hall–Kier alpha value is -1.65. The van der Waals surface area contributed by atoms with Crippen molar-refractivity contribution in [2.24, 2.45) is 0 Å². The van der Waals surface area contributed by atoms with E-state index in [4.69, 9.17) is 10.4 Å². The maximum absolute atomic E-state index is 10.4. The lowest BCUT2D eigenvalue weighted by Crippen LogP contribution is -2.04. The first-order chi connectivity index (χ1) is 11.7. The highest BCUT2D eigenvalue weighted by Gasteiger charge is 2.00. The average Bonchev–Trinajstić information content (AvgIpc) is 2.57. The maximum atomic E-state index is 10.4. The molecule has 2 N–H and O–H groups in total. The van der Waals surface area contributed by atoms with Gasteiger partial charge in [0.25, 0.3) is 0 Å². The Balaban J connectivity index is 3.81. The van der Waals surface area contributed by atoms with Crippen LogP contribution in [0.3, 0.4) is 0 Å². The fourth-order valence-corrected chi connectivity index (χ4v) is 2.03. The van der Waals surface area contributed by atoms with Crippen molar-refractivity contribution in [2.75, 3.05) is 0 Å². The third-order valence-electron chi connectivity index (χ3n) is 3.42. The fourth-order valence-electron chi connectivity index (χ4n) is 2.03. The normalized spacial score (nSPS) is 13.8. The van der Waals surface area contributed by atoms with Gasteiger partial charge in [-0.25, -0.2) is 4.89 Å². The van der Waals surface area contributed by atoms with Gasteiger partial charge in [0, 0.05) is 6.42 Å². The van der Waals surface area contributed by atoms with Gasteiger partial charge in [0.2, 0.25) is 0 Å². The molecular formula is C20H32O4. The van der Waals surface area contributed by atoms with Crippen LogP contribution in [0.25, 0.3) is 0 Å². The van der Waals surface area contributed by atoms with Gasteiger partial charge in [-0.1, -0.05) is 68.4 Å². The molecule has 0 amide bonds. The molecule has 0 saturated carbocycles. The molecule has 0 unspecified atom stereocenters. The molecule has 136 valence electrons. The van der Waals surface area contributed by atoms with E-state index >= 15 is 0 Å². The number of unbranched alkanes of at least 4 members (excludes halogenated alkanes) is 4. The second-order valence-electron chi connectivity index (χ2n) is 5.65. The summed E-state index contributed by atoms with van der Waals surface area (Å²) in [6.45, 7) is 2.21. The van der Waals surface area contributed by atoms with E-state index in [-0.39, 0.29) is 12.5 Å². The van der Waals surface area contributed by atoms with Crippen LogP contribution in [-0.4, -0.2) is 22.4 Å². The van der Waals surface area contributed by atoms with E-state index in [1.807, 2.05) is 24.3 Å². The van der Waals surface area contributed by atoms with E-state index in [9.17, 15) is 4.79 Å². The number of allylic oxidation sites excluding steroid dienone is 6. The highest BCUT2D eigenvalue weighted by Crippen LogP contribution is 2.04. The molecule has 0 aromatic rings. The molecule has 0 aromatic heterocycles. The topological polar surface area (TPSA) is 66.8 Å². The molecule has 0 rings (SSSR count). The highest BCUT2D eigenvalue weighted by atomic mass is 17.1. The van der Waals surface area contributed by atoms with Crippen LogP contribution in [0.5, 0.6) is 0 Å². The minimum absolute atomic E-state index is 0.183. The molecule has 0 radical (unpaired) electrons. The molecule has 4 heteroatoms. The van der Waals surface area contributed by atoms with E-state index in [1.165, 1.54) is 19.3 Å². The lowest BCUT2D eigenvalue weighted by Gasteiger charge is -2.04. The summed E-state index contributed by atoms with van der Waals surface area (Å²) < 4.78 is 0. The fraction of sp³-hybridized carbons (Fsp3) is 0.550. The van der Waals surface area contributed by atoms with Gasteiger partial charge in [0.05, 0.1) is 0 Å². The molecule has 0 heterocycles. The summed E-state index contributed by atoms with van der Waals surface area (Å²) in [5, 5.41) is 17.4. The van der Waals surface area contributed by atoms with Crippen LogP contribution in [-0.2, 0) is 9.68 Å². The van der Waals surface area contributed by atoms with Gasteiger partial charge in [-0.15, -0.1) is 0 Å². The Morgan fingerprint density at radius 2 is 1.75 bits per heavy atom. The summed E-state index contributed by atoms with van der Waals surface area (Å²) in [5.74, 6) is -0.773. The number of rotatable bonds is 15. The maximum Gasteiger partial charge on any atom is 0.303 e. The molecular weight excluding hydrogens is 304 g/mol. The van der Waals surface area contributed by atoms with Crippen molar-refractivity contribution in [1.82, 2.24) is 0 Å². The average molecular weight is 336 g/mol. The van der Waals surface area contributed by atoms with Crippen LogP contribution in [0.1, 0.15) is 64.7 Å². The van der Waals surface area contributed by atoms with E-state index < -0.39 is 5.97 Å². The van der Waals surface area contributed by atoms with E-state index in [1.54, 1.807) is 6.08 Å². The summed E-state index contributed by atoms with van der Waals surface area (Å²) in [6, 6.07) is 0. The SMILES string of the molecule is CCCCC/C=C\C/C=C\C=C\[C@@H](C/C=C\CCCC(=O)O)OO. The zero-order chi connectivity index (χ0) is 17.9. The molecule has 0 aromatic carbocycles. The lowest BCUT2D eigenvalue weighted by atomic mass is 10.1. The number of hydrogen-bond donors (Lipinski definition) is 2. The molecule has 0 fully saturated rings. The van der Waals surface area contributed by atoms with Crippen molar-refractivity contribution in [3.8, 4) is 0 Å². The van der Waals surface area contributed by atoms with Crippen LogP contribution >= 0.6 is 0 Å². The van der Waals surface area contributed by atoms with Crippen molar-refractivity contribution in [2.45, 2.75) is 70.8 Å². The van der Waals surface area contributed by atoms with Crippen molar-refractivity contribution in [3.05, 3.63) is 48.6 Å². The number of carboxylic acid groups (broad SMARTS) is 1. The van der Waals surface area contributed by atoms with Crippen molar-refractivity contribution in [1.29, 1.82) is 0 Å². The molecule has 0 bridgehead atoms. The smallest absolute Gasteiger partial charge is 0.303 e. The first-order valence-electron chi connectivity index (χ1n) is 8.86. The monoisotopic (exact) mass is 336 g/mol. The van der Waals surface area contributed by atoms with E-state index in [0.29, 0.717) is 12.8 Å². The van der Waals surface area contributed by atoms with Crippen LogP contribution in [0.2, 0.25) is 0 Å². The quantitative estimate of drug-likeness (QED) is 0.133. The molecule has 24 heavy (non-hydrogen) atoms. The van der Waals surface area contributed by atoms with Crippen LogP contribution < -0.4 is 0 Å². The Morgan fingerprint density at radius 3 is 2.46 bits per heavy atom. The molecule has 0 saturated heterocycles. The van der Waals surface area contributed by atoms with Crippen LogP contribution in [0, 0.1) is 0 Å². The van der Waals surface area contributed by atoms with Crippen LogP contribution in [0.15, 0.2) is 48.6 Å². The van der Waals surface area contributed by atoms with Gasteiger partial charge in [-0.2, -0.15) is 0 Å². The lowest BCUT2D eigenvalue weighted by molar-refractivity contribution is -0.264. The van der Waals surface area contributed by atoms with Gasteiger partial charge >= 0.3 is 5.97 Å². The Labute approximate surface area is 146 Å². The highest BCUT2D eigenvalue weighted by molar-refractivity contribution is 5.66. The van der Waals surface area contributed by atoms with Crippen molar-refractivity contribution in [3.63, 3.8) is 0 Å². The zero-order valence-electron chi connectivity index (χ0n) is 14.8. The van der Waals surface area contributed by atoms with E-state index in [2.05, 4.69) is 30.0 Å². The number of carbonyl (C=O) groups is 1. The molecule has 0 spiro atoms. The number of carboxylic acids is 1. The predicted molar refractivity (Wildman–Crippen MR) is 98.9 cm³/mol. The van der Waals surface area contributed by atoms with Crippen molar-refractivity contribution < 1.29 is 20.0 Å². The largest absolute Gasteiger partial charge is 0.481 e. The summed E-state index contributed by atoms with van der Waals surface area (Å²) in [7, 11) is 0. The number of aliphatic carboxylic acids is 1. The molecule has 4 nitrogen and oxygen atoms in total. The van der Waals surface area contributed by atoms with Gasteiger partial charge in [-0.05, 0) is 38.5 Å². The Morgan fingerprint density at radius 1 is 1.00 bits per heavy atom. The molecule has 0 aliphatic heterocycles. The summed E-state index contributed by atoms with van der Waals surface area (Å²) in [5.41, 5.74) is 0. The Bertz CT molecular complexity index is 408. The van der Waals surface area contributed by atoms with Gasteiger partial charge in [0.15, 0.2) is 0 Å².